The summed E-state index contributed by atoms with van der Waals surface area (Å²) in [6.07, 6.45) is -3.59. The Morgan fingerprint density at radius 3 is 2.35 bits per heavy atom. The van der Waals surface area contributed by atoms with Crippen molar-refractivity contribution in [1.29, 1.82) is 0 Å². The maximum absolute atomic E-state index is 13.9. The van der Waals surface area contributed by atoms with E-state index >= 15 is 0 Å². The fourth-order valence-electron chi connectivity index (χ4n) is 2.30. The first kappa shape index (κ1) is 17.6. The Labute approximate surface area is 132 Å². The number of ether oxygens (including phenoxy) is 1. The van der Waals surface area contributed by atoms with E-state index in [4.69, 9.17) is 5.14 Å². The minimum atomic E-state index is -3.98. The van der Waals surface area contributed by atoms with Crippen LogP contribution < -0.4 is 14.6 Å². The van der Waals surface area contributed by atoms with Crippen LogP contribution in [0, 0.1) is 0 Å². The van der Waals surface area contributed by atoms with Gasteiger partial charge in [-0.25, -0.2) is 5.14 Å². The lowest BCUT2D eigenvalue weighted by molar-refractivity contribution is -0.204. The van der Waals surface area contributed by atoms with Crippen LogP contribution >= 0.6 is 0 Å². The van der Waals surface area contributed by atoms with Crippen LogP contribution in [0.25, 0.3) is 0 Å². The molecule has 1 aliphatic heterocycles. The summed E-state index contributed by atoms with van der Waals surface area (Å²) in [5.74, 6) is -1.56. The zero-order valence-electron chi connectivity index (χ0n) is 12.1. The number of hydrogen-bond donors (Lipinski definition) is 2. The van der Waals surface area contributed by atoms with Crippen molar-refractivity contribution < 1.29 is 26.7 Å². The van der Waals surface area contributed by atoms with Crippen molar-refractivity contribution in [2.75, 3.05) is 13.1 Å². The molecule has 7 nitrogen and oxygen atoms in total. The number of hydrogen-bond acceptors (Lipinski definition) is 4. The standard InChI is InChI=1S/C13H17F2N3O4S/c14-13(15,22-11-4-2-1-3-5-11)12(19)18-8-6-10(7-9-18)17-23(16,20)21/h1-5,10,17H,6-9H2,(H2,16,20,21). The Hall–Kier alpha value is -1.78. The molecule has 10 heteroatoms. The van der Waals surface area contributed by atoms with Gasteiger partial charge in [0.15, 0.2) is 0 Å². The number of nitrogens with zero attached hydrogens (tertiary/aromatic N) is 1. The minimum Gasteiger partial charge on any atom is -0.425 e. The number of carbonyl (C=O) groups is 1. The Morgan fingerprint density at radius 1 is 1.26 bits per heavy atom. The smallest absolute Gasteiger partial charge is 0.425 e. The number of nitrogens with two attached hydrogens (primary N) is 1. The second-order valence-electron chi connectivity index (χ2n) is 5.16. The topological polar surface area (TPSA) is 102 Å². The number of halogens is 2. The van der Waals surface area contributed by atoms with Crippen LogP contribution in [0.5, 0.6) is 5.75 Å². The molecule has 128 valence electrons. The summed E-state index contributed by atoms with van der Waals surface area (Å²) < 4.78 is 56.3. The van der Waals surface area contributed by atoms with E-state index < -0.39 is 28.3 Å². The van der Waals surface area contributed by atoms with E-state index in [9.17, 15) is 22.0 Å². The summed E-state index contributed by atoms with van der Waals surface area (Å²) in [5.41, 5.74) is 0. The third-order valence-electron chi connectivity index (χ3n) is 3.35. The third kappa shape index (κ3) is 5.12. The van der Waals surface area contributed by atoms with E-state index in [-0.39, 0.29) is 31.7 Å². The van der Waals surface area contributed by atoms with Gasteiger partial charge in [0.2, 0.25) is 0 Å². The van der Waals surface area contributed by atoms with Crippen molar-refractivity contribution in [3.63, 3.8) is 0 Å². The summed E-state index contributed by atoms with van der Waals surface area (Å²) in [7, 11) is -3.86. The molecule has 0 unspecified atom stereocenters. The zero-order valence-corrected chi connectivity index (χ0v) is 12.9. The molecule has 3 N–H and O–H groups in total. The molecule has 1 aliphatic rings. The first-order valence-corrected chi connectivity index (χ1v) is 8.43. The molecule has 1 saturated heterocycles. The number of rotatable bonds is 5. The molecular formula is C13H17F2N3O4S. The van der Waals surface area contributed by atoms with Crippen molar-refractivity contribution >= 4 is 16.1 Å². The van der Waals surface area contributed by atoms with Crippen molar-refractivity contribution in [3.05, 3.63) is 30.3 Å². The Kier molecular flexibility index (Phi) is 5.17. The number of alkyl halides is 2. The Morgan fingerprint density at radius 2 is 1.83 bits per heavy atom. The van der Waals surface area contributed by atoms with Crippen molar-refractivity contribution in [1.82, 2.24) is 9.62 Å². The first-order valence-electron chi connectivity index (χ1n) is 6.89. The molecule has 0 saturated carbocycles. The Bertz CT molecular complexity index is 646. The fourth-order valence-corrected chi connectivity index (χ4v) is 3.00. The van der Waals surface area contributed by atoms with Gasteiger partial charge >= 0.3 is 12.0 Å². The molecular weight excluding hydrogens is 332 g/mol. The SMILES string of the molecule is NS(=O)(=O)NC1CCN(C(=O)C(F)(F)Oc2ccccc2)CC1. The van der Waals surface area contributed by atoms with Crippen LogP contribution in [0.2, 0.25) is 0 Å². The van der Waals surface area contributed by atoms with Gasteiger partial charge in [0, 0.05) is 19.1 Å². The number of para-hydroxylation sites is 1. The van der Waals surface area contributed by atoms with Crippen molar-refractivity contribution in [3.8, 4) is 5.75 Å². The summed E-state index contributed by atoms with van der Waals surface area (Å²) >= 11 is 0. The van der Waals surface area contributed by atoms with E-state index in [1.165, 1.54) is 24.3 Å². The summed E-state index contributed by atoms with van der Waals surface area (Å²) in [4.78, 5) is 12.9. The van der Waals surface area contributed by atoms with Gasteiger partial charge in [0.1, 0.15) is 5.75 Å². The van der Waals surface area contributed by atoms with Gasteiger partial charge in [-0.05, 0) is 25.0 Å². The average molecular weight is 349 g/mol. The quantitative estimate of drug-likeness (QED) is 0.805. The molecule has 1 aromatic carbocycles. The van der Waals surface area contributed by atoms with Gasteiger partial charge in [-0.2, -0.15) is 21.9 Å². The van der Waals surface area contributed by atoms with Gasteiger partial charge in [0.25, 0.3) is 10.2 Å². The zero-order chi connectivity index (χ0) is 17.1. The van der Waals surface area contributed by atoms with Gasteiger partial charge < -0.3 is 9.64 Å². The van der Waals surface area contributed by atoms with Gasteiger partial charge in [-0.1, -0.05) is 18.2 Å². The van der Waals surface area contributed by atoms with Crippen molar-refractivity contribution in [2.45, 2.75) is 25.0 Å². The molecule has 1 heterocycles. The highest BCUT2D eigenvalue weighted by Gasteiger charge is 2.46. The van der Waals surface area contributed by atoms with Crippen LogP contribution in [-0.4, -0.2) is 44.5 Å². The normalized spacial score (nSPS) is 17.1. The minimum absolute atomic E-state index is 0.0141. The average Bonchev–Trinajstić information content (AvgIpc) is 2.46. The summed E-state index contributed by atoms with van der Waals surface area (Å²) in [5, 5.41) is 4.86. The molecule has 0 spiro atoms. The number of piperidine rings is 1. The molecule has 1 fully saturated rings. The maximum Gasteiger partial charge on any atom is 0.482 e. The molecule has 23 heavy (non-hydrogen) atoms. The molecule has 1 aromatic rings. The first-order chi connectivity index (χ1) is 10.7. The highest BCUT2D eigenvalue weighted by molar-refractivity contribution is 7.87. The van der Waals surface area contributed by atoms with E-state index in [2.05, 4.69) is 9.46 Å². The lowest BCUT2D eigenvalue weighted by Crippen LogP contribution is -2.53. The molecule has 1 amide bonds. The number of benzene rings is 1. The fraction of sp³-hybridized carbons (Fsp3) is 0.462. The molecule has 2 rings (SSSR count). The number of nitrogens with one attached hydrogen (secondary N) is 1. The highest BCUT2D eigenvalue weighted by atomic mass is 32.2. The largest absolute Gasteiger partial charge is 0.482 e. The van der Waals surface area contributed by atoms with Crippen LogP contribution in [0.15, 0.2) is 30.3 Å². The van der Waals surface area contributed by atoms with Gasteiger partial charge in [-0.3, -0.25) is 4.79 Å². The Balaban J connectivity index is 1.93. The molecule has 0 radical (unpaired) electrons. The van der Waals surface area contributed by atoms with E-state index in [0.29, 0.717) is 0 Å². The molecule has 0 bridgehead atoms. The second-order valence-corrected chi connectivity index (χ2v) is 6.49. The van der Waals surface area contributed by atoms with Crippen LogP contribution in [0.4, 0.5) is 8.78 Å². The monoisotopic (exact) mass is 349 g/mol. The molecule has 0 aromatic heterocycles. The van der Waals surface area contributed by atoms with E-state index in [1.807, 2.05) is 0 Å². The lowest BCUT2D eigenvalue weighted by atomic mass is 10.1. The third-order valence-corrected chi connectivity index (χ3v) is 4.01. The van der Waals surface area contributed by atoms with Crippen LogP contribution in [0.1, 0.15) is 12.8 Å². The molecule has 0 aliphatic carbocycles. The maximum atomic E-state index is 13.9. The predicted molar refractivity (Wildman–Crippen MR) is 77.9 cm³/mol. The predicted octanol–water partition coefficient (Wildman–Crippen LogP) is 0.442. The summed E-state index contributed by atoms with van der Waals surface area (Å²) in [6, 6.07) is 6.83. The van der Waals surface area contributed by atoms with E-state index in [0.717, 1.165) is 4.90 Å². The van der Waals surface area contributed by atoms with Crippen LogP contribution in [-0.2, 0) is 15.0 Å². The summed E-state index contributed by atoms with van der Waals surface area (Å²) in [6.45, 7) is -0.0283. The number of amides is 1. The van der Waals surface area contributed by atoms with E-state index in [1.54, 1.807) is 6.07 Å². The van der Waals surface area contributed by atoms with Crippen LogP contribution in [0.3, 0.4) is 0 Å². The highest BCUT2D eigenvalue weighted by Crippen LogP contribution is 2.25. The van der Waals surface area contributed by atoms with Gasteiger partial charge in [0.05, 0.1) is 0 Å². The number of likely N-dealkylation sites (tertiary alicyclic amines) is 1. The lowest BCUT2D eigenvalue weighted by Gasteiger charge is -2.33. The van der Waals surface area contributed by atoms with Crippen molar-refractivity contribution in [2.24, 2.45) is 5.14 Å². The van der Waals surface area contributed by atoms with Gasteiger partial charge in [-0.15, -0.1) is 0 Å². The second kappa shape index (κ2) is 6.77. The molecule has 0 atom stereocenters. The number of carbonyl (C=O) groups excluding carboxylic acids is 1.